The second-order valence-corrected chi connectivity index (χ2v) is 4.71. The van der Waals surface area contributed by atoms with Gasteiger partial charge in [-0.25, -0.2) is 0 Å². The van der Waals surface area contributed by atoms with E-state index in [0.29, 0.717) is 5.41 Å². The van der Waals surface area contributed by atoms with Crippen molar-refractivity contribution in [2.75, 3.05) is 6.54 Å². The third-order valence-electron chi connectivity index (χ3n) is 3.59. The van der Waals surface area contributed by atoms with Gasteiger partial charge in [0.15, 0.2) is 0 Å². The standard InChI is InChI=1S/C12H17N.ClH/c1-11(2)8-12(11,9-13)10-6-4-3-5-7-10;/h3-7H,8-9,13H2,1-2H3;1H. The highest BCUT2D eigenvalue weighted by molar-refractivity contribution is 5.85. The largest absolute Gasteiger partial charge is 0.330 e. The fourth-order valence-corrected chi connectivity index (χ4v) is 2.43. The van der Waals surface area contributed by atoms with Crippen LogP contribution in [0.5, 0.6) is 0 Å². The summed E-state index contributed by atoms with van der Waals surface area (Å²) in [5.74, 6) is 0. The van der Waals surface area contributed by atoms with Crippen molar-refractivity contribution in [1.82, 2.24) is 0 Å². The van der Waals surface area contributed by atoms with E-state index in [1.165, 1.54) is 12.0 Å². The average molecular weight is 212 g/mol. The van der Waals surface area contributed by atoms with E-state index in [0.717, 1.165) is 6.54 Å². The lowest BCUT2D eigenvalue weighted by atomic mass is 9.88. The van der Waals surface area contributed by atoms with Gasteiger partial charge in [-0.05, 0) is 17.4 Å². The van der Waals surface area contributed by atoms with E-state index in [9.17, 15) is 0 Å². The summed E-state index contributed by atoms with van der Waals surface area (Å²) in [7, 11) is 0. The molecule has 1 fully saturated rings. The zero-order valence-electron chi connectivity index (χ0n) is 8.79. The van der Waals surface area contributed by atoms with Crippen molar-refractivity contribution in [3.05, 3.63) is 35.9 Å². The Morgan fingerprint density at radius 3 is 2.07 bits per heavy atom. The molecule has 0 bridgehead atoms. The highest BCUT2D eigenvalue weighted by Crippen LogP contribution is 2.63. The van der Waals surface area contributed by atoms with Gasteiger partial charge in [0.1, 0.15) is 0 Å². The van der Waals surface area contributed by atoms with Crippen LogP contribution in [-0.4, -0.2) is 6.54 Å². The minimum absolute atomic E-state index is 0. The van der Waals surface area contributed by atoms with Crippen LogP contribution in [0.4, 0.5) is 0 Å². The molecule has 0 radical (unpaired) electrons. The van der Waals surface area contributed by atoms with E-state index in [1.807, 2.05) is 0 Å². The van der Waals surface area contributed by atoms with Gasteiger partial charge in [0, 0.05) is 12.0 Å². The van der Waals surface area contributed by atoms with Crippen LogP contribution in [0.1, 0.15) is 25.8 Å². The molecule has 1 aromatic rings. The molecule has 14 heavy (non-hydrogen) atoms. The molecule has 2 rings (SSSR count). The van der Waals surface area contributed by atoms with Crippen molar-refractivity contribution >= 4 is 12.4 Å². The predicted molar refractivity (Wildman–Crippen MR) is 62.8 cm³/mol. The molecule has 0 heterocycles. The van der Waals surface area contributed by atoms with Gasteiger partial charge in [0.05, 0.1) is 0 Å². The second-order valence-electron chi connectivity index (χ2n) is 4.71. The number of hydrogen-bond acceptors (Lipinski definition) is 1. The third kappa shape index (κ3) is 1.45. The summed E-state index contributed by atoms with van der Waals surface area (Å²) in [6, 6.07) is 10.6. The van der Waals surface area contributed by atoms with Crippen molar-refractivity contribution in [3.8, 4) is 0 Å². The number of halogens is 1. The monoisotopic (exact) mass is 211 g/mol. The van der Waals surface area contributed by atoms with E-state index in [2.05, 4.69) is 44.2 Å². The van der Waals surface area contributed by atoms with Gasteiger partial charge in [0.2, 0.25) is 0 Å². The van der Waals surface area contributed by atoms with Gasteiger partial charge in [-0.1, -0.05) is 44.2 Å². The molecule has 0 spiro atoms. The summed E-state index contributed by atoms with van der Waals surface area (Å²) in [6.45, 7) is 5.36. The molecule has 0 saturated heterocycles. The van der Waals surface area contributed by atoms with Gasteiger partial charge >= 0.3 is 0 Å². The van der Waals surface area contributed by atoms with Gasteiger partial charge in [-0.15, -0.1) is 12.4 Å². The Labute approximate surface area is 92.1 Å². The van der Waals surface area contributed by atoms with E-state index in [4.69, 9.17) is 5.73 Å². The SMILES string of the molecule is CC1(C)CC1(CN)c1ccccc1.Cl. The highest BCUT2D eigenvalue weighted by Gasteiger charge is 2.60. The maximum atomic E-state index is 5.88. The van der Waals surface area contributed by atoms with Crippen molar-refractivity contribution in [2.24, 2.45) is 11.1 Å². The molecule has 0 amide bonds. The molecule has 78 valence electrons. The zero-order valence-corrected chi connectivity index (χ0v) is 9.60. The van der Waals surface area contributed by atoms with Gasteiger partial charge < -0.3 is 5.73 Å². The van der Waals surface area contributed by atoms with Crippen LogP contribution in [-0.2, 0) is 5.41 Å². The molecule has 1 aliphatic rings. The lowest BCUT2D eigenvalue weighted by Crippen LogP contribution is -2.25. The molecule has 1 unspecified atom stereocenters. The number of rotatable bonds is 2. The maximum Gasteiger partial charge on any atom is 0.0132 e. The van der Waals surface area contributed by atoms with Crippen molar-refractivity contribution < 1.29 is 0 Å². The first kappa shape index (κ1) is 11.5. The smallest absolute Gasteiger partial charge is 0.0132 e. The number of nitrogens with two attached hydrogens (primary N) is 1. The molecule has 1 aliphatic carbocycles. The first-order valence-corrected chi connectivity index (χ1v) is 4.88. The lowest BCUT2D eigenvalue weighted by molar-refractivity contribution is 0.503. The maximum absolute atomic E-state index is 5.88. The lowest BCUT2D eigenvalue weighted by Gasteiger charge is -2.18. The average Bonchev–Trinajstić information content (AvgIpc) is 2.72. The van der Waals surface area contributed by atoms with Gasteiger partial charge in [-0.2, -0.15) is 0 Å². The molecule has 2 N–H and O–H groups in total. The molecule has 1 atom stereocenters. The summed E-state index contributed by atoms with van der Waals surface area (Å²) in [4.78, 5) is 0. The first-order valence-electron chi connectivity index (χ1n) is 4.88. The molecule has 0 aromatic heterocycles. The van der Waals surface area contributed by atoms with E-state index >= 15 is 0 Å². The Morgan fingerprint density at radius 1 is 1.21 bits per heavy atom. The Balaban J connectivity index is 0.000000980. The van der Waals surface area contributed by atoms with Gasteiger partial charge in [-0.3, -0.25) is 0 Å². The van der Waals surface area contributed by atoms with Crippen LogP contribution in [0, 0.1) is 5.41 Å². The number of hydrogen-bond donors (Lipinski definition) is 1. The second kappa shape index (κ2) is 3.56. The van der Waals surface area contributed by atoms with Crippen LogP contribution in [0.2, 0.25) is 0 Å². The molecule has 1 nitrogen and oxygen atoms in total. The van der Waals surface area contributed by atoms with Crippen molar-refractivity contribution in [3.63, 3.8) is 0 Å². The van der Waals surface area contributed by atoms with Crippen molar-refractivity contribution in [1.29, 1.82) is 0 Å². The minimum atomic E-state index is 0. The summed E-state index contributed by atoms with van der Waals surface area (Å²) in [6.07, 6.45) is 1.22. The van der Waals surface area contributed by atoms with E-state index in [-0.39, 0.29) is 17.8 Å². The number of benzene rings is 1. The molecule has 0 aliphatic heterocycles. The van der Waals surface area contributed by atoms with Crippen LogP contribution >= 0.6 is 12.4 Å². The molecule has 1 saturated carbocycles. The fourth-order valence-electron chi connectivity index (χ4n) is 2.43. The highest BCUT2D eigenvalue weighted by atomic mass is 35.5. The normalized spacial score (nSPS) is 27.9. The Hall–Kier alpha value is -0.530. The van der Waals surface area contributed by atoms with Crippen LogP contribution in [0.15, 0.2) is 30.3 Å². The third-order valence-corrected chi connectivity index (χ3v) is 3.59. The fraction of sp³-hybridized carbons (Fsp3) is 0.500. The zero-order chi connectivity index (χ0) is 9.53. The molecular weight excluding hydrogens is 194 g/mol. The van der Waals surface area contributed by atoms with Gasteiger partial charge in [0.25, 0.3) is 0 Å². The topological polar surface area (TPSA) is 26.0 Å². The van der Waals surface area contributed by atoms with Crippen LogP contribution in [0.25, 0.3) is 0 Å². The summed E-state index contributed by atoms with van der Waals surface area (Å²) in [5.41, 5.74) is 7.93. The molecule has 2 heteroatoms. The summed E-state index contributed by atoms with van der Waals surface area (Å²) in [5, 5.41) is 0. The molecular formula is C12H18ClN. The summed E-state index contributed by atoms with van der Waals surface area (Å²) >= 11 is 0. The quantitative estimate of drug-likeness (QED) is 0.800. The van der Waals surface area contributed by atoms with Crippen LogP contribution in [0.3, 0.4) is 0 Å². The Kier molecular flexibility index (Phi) is 2.93. The Morgan fingerprint density at radius 2 is 1.71 bits per heavy atom. The summed E-state index contributed by atoms with van der Waals surface area (Å²) < 4.78 is 0. The van der Waals surface area contributed by atoms with E-state index < -0.39 is 0 Å². The van der Waals surface area contributed by atoms with E-state index in [1.54, 1.807) is 0 Å². The Bertz CT molecular complexity index is 307. The minimum Gasteiger partial charge on any atom is -0.330 e. The van der Waals surface area contributed by atoms with Crippen LogP contribution < -0.4 is 5.73 Å². The first-order chi connectivity index (χ1) is 6.12. The predicted octanol–water partition coefficient (Wildman–Crippen LogP) is 2.73. The van der Waals surface area contributed by atoms with Crippen molar-refractivity contribution in [2.45, 2.75) is 25.7 Å². The molecule has 1 aromatic carbocycles.